The maximum absolute atomic E-state index is 6.52. The summed E-state index contributed by atoms with van der Waals surface area (Å²) in [5.74, 6) is 0. The molecule has 214 valence electrons. The summed E-state index contributed by atoms with van der Waals surface area (Å²) in [7, 11) is 0. The Balaban J connectivity index is 1.25. The second-order valence-corrected chi connectivity index (χ2v) is 12.1. The number of hydrogen-bond acceptors (Lipinski definition) is 2. The number of rotatable bonds is 3. The minimum absolute atomic E-state index is 0.898. The molecule has 2 heterocycles. The van der Waals surface area contributed by atoms with Crippen LogP contribution in [0.1, 0.15) is 0 Å². The third kappa shape index (κ3) is 3.84. The summed E-state index contributed by atoms with van der Waals surface area (Å²) >= 11 is 0. The van der Waals surface area contributed by atoms with Crippen LogP contribution in [0.3, 0.4) is 0 Å². The number of para-hydroxylation sites is 4. The van der Waals surface area contributed by atoms with Gasteiger partial charge in [0.2, 0.25) is 0 Å². The molecule has 2 heteroatoms. The Morgan fingerprint density at radius 1 is 0.283 bits per heavy atom. The molecule has 0 amide bonds. The molecule has 46 heavy (non-hydrogen) atoms. The Morgan fingerprint density at radius 2 is 0.761 bits per heavy atom. The highest BCUT2D eigenvalue weighted by molar-refractivity contribution is 6.12. The van der Waals surface area contributed by atoms with Gasteiger partial charge in [-0.15, -0.1) is 0 Å². The lowest BCUT2D eigenvalue weighted by atomic mass is 9.91. The maximum Gasteiger partial charge on any atom is 0.143 e. The highest BCUT2D eigenvalue weighted by Crippen LogP contribution is 2.42. The van der Waals surface area contributed by atoms with Gasteiger partial charge in [0.05, 0.1) is 0 Å². The highest BCUT2D eigenvalue weighted by atomic mass is 16.3. The summed E-state index contributed by atoms with van der Waals surface area (Å²) in [6.45, 7) is 0. The lowest BCUT2D eigenvalue weighted by Gasteiger charge is -2.13. The highest BCUT2D eigenvalue weighted by Gasteiger charge is 2.17. The van der Waals surface area contributed by atoms with E-state index in [1.165, 1.54) is 27.1 Å². The van der Waals surface area contributed by atoms with E-state index < -0.39 is 0 Å². The van der Waals surface area contributed by atoms with E-state index in [1.807, 2.05) is 24.3 Å². The first-order valence-electron chi connectivity index (χ1n) is 15.7. The van der Waals surface area contributed by atoms with Crippen molar-refractivity contribution in [2.75, 3.05) is 0 Å². The van der Waals surface area contributed by atoms with Crippen LogP contribution in [-0.2, 0) is 0 Å². The van der Waals surface area contributed by atoms with Crippen LogP contribution in [0.25, 0.3) is 98.8 Å². The molecule has 0 atom stereocenters. The van der Waals surface area contributed by atoms with E-state index in [2.05, 4.69) is 133 Å². The smallest absolute Gasteiger partial charge is 0.143 e. The van der Waals surface area contributed by atoms with Crippen LogP contribution < -0.4 is 0 Å². The molecule has 0 unspecified atom stereocenters. The summed E-state index contributed by atoms with van der Waals surface area (Å²) < 4.78 is 13.0. The Labute approximate surface area is 264 Å². The van der Waals surface area contributed by atoms with Gasteiger partial charge in [0.25, 0.3) is 0 Å². The molecule has 2 nitrogen and oxygen atoms in total. The summed E-state index contributed by atoms with van der Waals surface area (Å²) in [4.78, 5) is 0. The van der Waals surface area contributed by atoms with Crippen LogP contribution in [0.4, 0.5) is 0 Å². The van der Waals surface area contributed by atoms with Crippen molar-refractivity contribution in [1.82, 2.24) is 0 Å². The van der Waals surface area contributed by atoms with Crippen molar-refractivity contribution in [3.8, 4) is 33.4 Å². The van der Waals surface area contributed by atoms with Crippen molar-refractivity contribution in [3.05, 3.63) is 158 Å². The first-order valence-corrected chi connectivity index (χ1v) is 15.7. The fraction of sp³-hybridized carbons (Fsp3) is 0. The minimum atomic E-state index is 0.898. The fourth-order valence-corrected chi connectivity index (χ4v) is 7.17. The zero-order valence-electron chi connectivity index (χ0n) is 24.8. The van der Waals surface area contributed by atoms with Gasteiger partial charge < -0.3 is 8.83 Å². The zero-order valence-corrected chi connectivity index (χ0v) is 24.8. The minimum Gasteiger partial charge on any atom is -0.455 e. The second-order valence-electron chi connectivity index (χ2n) is 12.1. The summed E-state index contributed by atoms with van der Waals surface area (Å²) in [6.07, 6.45) is 0. The van der Waals surface area contributed by atoms with E-state index in [-0.39, 0.29) is 0 Å². The quantitative estimate of drug-likeness (QED) is 0.193. The van der Waals surface area contributed by atoms with Crippen molar-refractivity contribution >= 4 is 65.4 Å². The molecule has 10 aromatic rings. The van der Waals surface area contributed by atoms with E-state index in [0.717, 1.165) is 71.7 Å². The average molecular weight is 587 g/mol. The second kappa shape index (κ2) is 9.69. The first kappa shape index (κ1) is 25.2. The predicted molar refractivity (Wildman–Crippen MR) is 192 cm³/mol. The first-order chi connectivity index (χ1) is 22.8. The van der Waals surface area contributed by atoms with Crippen molar-refractivity contribution in [2.45, 2.75) is 0 Å². The number of hydrogen-bond donors (Lipinski definition) is 0. The van der Waals surface area contributed by atoms with Crippen LogP contribution >= 0.6 is 0 Å². The maximum atomic E-state index is 6.52. The molecule has 10 rings (SSSR count). The van der Waals surface area contributed by atoms with Crippen LogP contribution in [0.5, 0.6) is 0 Å². The molecule has 8 aromatic carbocycles. The summed E-state index contributed by atoms with van der Waals surface area (Å²) in [5, 5.41) is 9.46. The standard InChI is InChI=1S/C44H26O2/c1-2-10-28-22-31-23-30(20-19-29(31)21-27(28)9-1)32-24-33(35-13-7-15-39-37-11-3-5-17-41(37)45-43(35)39)26-34(25-32)36-14-8-16-40-38-12-4-6-18-42(38)46-44(36)40/h1-26H. The van der Waals surface area contributed by atoms with Crippen molar-refractivity contribution < 1.29 is 8.83 Å². The van der Waals surface area contributed by atoms with E-state index in [9.17, 15) is 0 Å². The molecule has 0 saturated heterocycles. The van der Waals surface area contributed by atoms with Crippen LogP contribution in [0, 0.1) is 0 Å². The molecule has 0 aliphatic rings. The molecular weight excluding hydrogens is 560 g/mol. The van der Waals surface area contributed by atoms with Crippen LogP contribution in [-0.4, -0.2) is 0 Å². The van der Waals surface area contributed by atoms with Gasteiger partial charge in [0.1, 0.15) is 22.3 Å². The molecule has 0 N–H and O–H groups in total. The Morgan fingerprint density at radius 3 is 1.37 bits per heavy atom. The van der Waals surface area contributed by atoms with Gasteiger partial charge >= 0.3 is 0 Å². The van der Waals surface area contributed by atoms with E-state index in [4.69, 9.17) is 8.83 Å². The van der Waals surface area contributed by atoms with E-state index in [1.54, 1.807) is 0 Å². The normalized spacial score (nSPS) is 11.9. The molecule has 0 aliphatic carbocycles. The van der Waals surface area contributed by atoms with Crippen molar-refractivity contribution in [1.29, 1.82) is 0 Å². The van der Waals surface area contributed by atoms with E-state index in [0.29, 0.717) is 0 Å². The van der Waals surface area contributed by atoms with Gasteiger partial charge in [-0.25, -0.2) is 0 Å². The van der Waals surface area contributed by atoms with Crippen LogP contribution in [0.2, 0.25) is 0 Å². The lowest BCUT2D eigenvalue weighted by Crippen LogP contribution is -1.88. The summed E-state index contributed by atoms with van der Waals surface area (Å²) in [6, 6.07) is 56.3. The third-order valence-electron chi connectivity index (χ3n) is 9.40. The average Bonchev–Trinajstić information content (AvgIpc) is 3.69. The van der Waals surface area contributed by atoms with E-state index >= 15 is 0 Å². The number of furan rings is 2. The molecular formula is C44H26O2. The Bertz CT molecular complexity index is 2680. The number of benzene rings is 8. The summed E-state index contributed by atoms with van der Waals surface area (Å²) in [5.41, 5.74) is 10.2. The topological polar surface area (TPSA) is 26.3 Å². The SMILES string of the molecule is c1ccc2cc3cc(-c4cc(-c5cccc6c5oc5ccccc56)cc(-c5cccc6c5oc5ccccc56)c4)ccc3cc2c1. The third-order valence-corrected chi connectivity index (χ3v) is 9.40. The van der Waals surface area contributed by atoms with Gasteiger partial charge in [-0.2, -0.15) is 0 Å². The number of fused-ring (bicyclic) bond motifs is 8. The van der Waals surface area contributed by atoms with Gasteiger partial charge in [-0.3, -0.25) is 0 Å². The molecule has 0 fully saturated rings. The van der Waals surface area contributed by atoms with Gasteiger partial charge in [0, 0.05) is 32.7 Å². The lowest BCUT2D eigenvalue weighted by molar-refractivity contribution is 0.670. The Hall–Kier alpha value is -6.12. The molecule has 0 bridgehead atoms. The van der Waals surface area contributed by atoms with Crippen molar-refractivity contribution in [2.24, 2.45) is 0 Å². The molecule has 0 saturated carbocycles. The van der Waals surface area contributed by atoms with Gasteiger partial charge in [-0.1, -0.05) is 109 Å². The van der Waals surface area contributed by atoms with Crippen molar-refractivity contribution in [3.63, 3.8) is 0 Å². The van der Waals surface area contributed by atoms with Gasteiger partial charge in [-0.05, 0) is 92.3 Å². The zero-order chi connectivity index (χ0) is 30.2. The fourth-order valence-electron chi connectivity index (χ4n) is 7.17. The van der Waals surface area contributed by atoms with Gasteiger partial charge in [0.15, 0.2) is 0 Å². The largest absolute Gasteiger partial charge is 0.455 e. The van der Waals surface area contributed by atoms with Crippen LogP contribution in [0.15, 0.2) is 167 Å². The molecule has 0 spiro atoms. The Kier molecular flexibility index (Phi) is 5.31. The molecule has 0 radical (unpaired) electrons. The monoisotopic (exact) mass is 586 g/mol. The molecule has 2 aromatic heterocycles. The predicted octanol–water partition coefficient (Wildman–Crippen LogP) is 12.8. The molecule has 0 aliphatic heterocycles.